The van der Waals surface area contributed by atoms with E-state index < -0.39 is 35.6 Å². The summed E-state index contributed by atoms with van der Waals surface area (Å²) in [7, 11) is 1.91. The lowest BCUT2D eigenvalue weighted by Gasteiger charge is -2.35. The molecular weight excluding hydrogens is 339 g/mol. The van der Waals surface area contributed by atoms with Gasteiger partial charge in [-0.2, -0.15) is 13.2 Å². The molecule has 3 atom stereocenters. The smallest absolute Gasteiger partial charge is 0.430 e. The number of alkyl halides is 3. The van der Waals surface area contributed by atoms with Gasteiger partial charge >= 0.3 is 12.1 Å². The van der Waals surface area contributed by atoms with Crippen LogP contribution in [0, 0.1) is 5.92 Å². The summed E-state index contributed by atoms with van der Waals surface area (Å²) in [5.74, 6) is -2.71. The van der Waals surface area contributed by atoms with Crippen LogP contribution in [0.5, 0.6) is 0 Å². The minimum atomic E-state index is -5.04. The maximum atomic E-state index is 13.8. The molecule has 0 radical (unpaired) electrons. The highest BCUT2D eigenvalue weighted by Crippen LogP contribution is 2.42. The van der Waals surface area contributed by atoms with Crippen molar-refractivity contribution in [3.05, 3.63) is 35.9 Å². The van der Waals surface area contributed by atoms with Gasteiger partial charge < -0.3 is 14.8 Å². The third-order valence-electron chi connectivity index (χ3n) is 4.16. The molecule has 0 heterocycles. The SMILES string of the molecule is CC[C@H](C)[C@H](NC(=O)C(OC)(c1ccccc1)C(F)(F)F)C(=O)OC. The first-order valence-electron chi connectivity index (χ1n) is 7.71. The maximum Gasteiger partial charge on any atom is 0.430 e. The van der Waals surface area contributed by atoms with Gasteiger partial charge in [0.1, 0.15) is 6.04 Å². The summed E-state index contributed by atoms with van der Waals surface area (Å²) < 4.78 is 50.8. The van der Waals surface area contributed by atoms with Gasteiger partial charge in [0.2, 0.25) is 0 Å². The van der Waals surface area contributed by atoms with E-state index in [-0.39, 0.29) is 5.56 Å². The monoisotopic (exact) mass is 361 g/mol. The molecule has 0 aliphatic rings. The molecule has 1 amide bonds. The number of carbonyl (C=O) groups excluding carboxylic acids is 2. The van der Waals surface area contributed by atoms with Crippen molar-refractivity contribution in [3.8, 4) is 0 Å². The van der Waals surface area contributed by atoms with Crippen molar-refractivity contribution in [1.82, 2.24) is 5.32 Å². The molecule has 1 N–H and O–H groups in total. The van der Waals surface area contributed by atoms with Crippen LogP contribution in [0.15, 0.2) is 30.3 Å². The quantitative estimate of drug-likeness (QED) is 0.759. The second-order valence-electron chi connectivity index (χ2n) is 5.61. The maximum absolute atomic E-state index is 13.8. The Balaban J connectivity index is 3.36. The highest BCUT2D eigenvalue weighted by atomic mass is 19.4. The number of amides is 1. The van der Waals surface area contributed by atoms with E-state index in [4.69, 9.17) is 0 Å². The Hall–Kier alpha value is -2.09. The predicted molar refractivity (Wildman–Crippen MR) is 84.6 cm³/mol. The predicted octanol–water partition coefficient (Wildman–Crippen LogP) is 2.79. The second kappa shape index (κ2) is 8.33. The Morgan fingerprint density at radius 2 is 1.72 bits per heavy atom. The summed E-state index contributed by atoms with van der Waals surface area (Å²) in [5, 5.41) is 2.16. The van der Waals surface area contributed by atoms with E-state index in [0.29, 0.717) is 6.42 Å². The van der Waals surface area contributed by atoms with E-state index >= 15 is 0 Å². The first-order chi connectivity index (χ1) is 11.7. The summed E-state index contributed by atoms with van der Waals surface area (Å²) >= 11 is 0. The van der Waals surface area contributed by atoms with Crippen LogP contribution < -0.4 is 5.32 Å². The molecule has 1 aromatic carbocycles. The molecule has 0 aliphatic carbocycles. The molecule has 25 heavy (non-hydrogen) atoms. The van der Waals surface area contributed by atoms with E-state index in [0.717, 1.165) is 26.4 Å². The summed E-state index contributed by atoms with van der Waals surface area (Å²) in [4.78, 5) is 24.5. The molecule has 0 aromatic heterocycles. The zero-order chi connectivity index (χ0) is 19.3. The molecule has 8 heteroatoms. The molecule has 0 saturated heterocycles. The lowest BCUT2D eigenvalue weighted by atomic mass is 9.90. The molecule has 1 unspecified atom stereocenters. The molecule has 0 fully saturated rings. The number of carbonyl (C=O) groups is 2. The zero-order valence-electron chi connectivity index (χ0n) is 14.5. The molecule has 140 valence electrons. The van der Waals surface area contributed by atoms with Gasteiger partial charge in [0.05, 0.1) is 7.11 Å². The molecule has 0 aliphatic heterocycles. The van der Waals surface area contributed by atoms with E-state index in [2.05, 4.69) is 14.8 Å². The van der Waals surface area contributed by atoms with E-state index in [1.807, 2.05) is 0 Å². The number of ether oxygens (including phenoxy) is 2. The topological polar surface area (TPSA) is 64.6 Å². The number of methoxy groups -OCH3 is 2. The van der Waals surface area contributed by atoms with Gasteiger partial charge in [0.25, 0.3) is 11.5 Å². The van der Waals surface area contributed by atoms with Gasteiger partial charge in [-0.05, 0) is 5.92 Å². The molecule has 1 aromatic rings. The fraction of sp³-hybridized carbons (Fsp3) is 0.529. The Kier molecular flexibility index (Phi) is 6.98. The normalized spacial score (nSPS) is 16.4. The molecule has 5 nitrogen and oxygen atoms in total. The fourth-order valence-corrected chi connectivity index (χ4v) is 2.46. The molecular formula is C17H22F3NO4. The van der Waals surface area contributed by atoms with Crippen LogP contribution in [-0.2, 0) is 24.7 Å². The minimum absolute atomic E-state index is 0.379. The lowest BCUT2D eigenvalue weighted by molar-refractivity contribution is -0.266. The Morgan fingerprint density at radius 1 is 1.16 bits per heavy atom. The number of nitrogens with one attached hydrogen (secondary N) is 1. The van der Waals surface area contributed by atoms with Gasteiger partial charge in [-0.3, -0.25) is 4.79 Å². The molecule has 0 bridgehead atoms. The van der Waals surface area contributed by atoms with Crippen LogP contribution in [0.1, 0.15) is 25.8 Å². The van der Waals surface area contributed by atoms with Crippen LogP contribution in [0.4, 0.5) is 13.2 Å². The third kappa shape index (κ3) is 4.12. The highest BCUT2D eigenvalue weighted by molar-refractivity contribution is 5.91. The third-order valence-corrected chi connectivity index (χ3v) is 4.16. The van der Waals surface area contributed by atoms with Crippen molar-refractivity contribution in [2.75, 3.05) is 14.2 Å². The van der Waals surface area contributed by atoms with Crippen molar-refractivity contribution >= 4 is 11.9 Å². The summed E-state index contributed by atoms with van der Waals surface area (Å²) in [6.45, 7) is 3.38. The number of halogens is 3. The molecule has 1 rings (SSSR count). The van der Waals surface area contributed by atoms with Crippen LogP contribution in [-0.4, -0.2) is 38.3 Å². The first-order valence-corrected chi connectivity index (χ1v) is 7.71. The van der Waals surface area contributed by atoms with Crippen LogP contribution in [0.2, 0.25) is 0 Å². The largest absolute Gasteiger partial charge is 0.467 e. The van der Waals surface area contributed by atoms with Gasteiger partial charge in [-0.15, -0.1) is 0 Å². The number of rotatable bonds is 7. The second-order valence-corrected chi connectivity index (χ2v) is 5.61. The van der Waals surface area contributed by atoms with Crippen LogP contribution in [0.25, 0.3) is 0 Å². The Labute approximate surface area is 144 Å². The summed E-state index contributed by atoms with van der Waals surface area (Å²) in [6.07, 6.45) is -4.58. The van der Waals surface area contributed by atoms with Gasteiger partial charge in [0.15, 0.2) is 0 Å². The van der Waals surface area contributed by atoms with Gasteiger partial charge in [-0.25, -0.2) is 4.79 Å². The molecule has 0 spiro atoms. The lowest BCUT2D eigenvalue weighted by Crippen LogP contribution is -2.59. The zero-order valence-corrected chi connectivity index (χ0v) is 14.5. The van der Waals surface area contributed by atoms with Gasteiger partial charge in [-0.1, -0.05) is 50.6 Å². The molecule has 0 saturated carbocycles. The standard InChI is InChI=1S/C17H22F3NO4/c1-5-11(2)13(14(22)24-3)21-15(23)16(25-4,17(18,19)20)12-9-7-6-8-10-12/h6-11,13H,5H2,1-4H3,(H,21,23)/t11-,13-,16?/m0/s1. The summed E-state index contributed by atoms with van der Waals surface area (Å²) in [6, 6.07) is 5.33. The van der Waals surface area contributed by atoms with Crippen molar-refractivity contribution in [2.45, 2.75) is 38.1 Å². The van der Waals surface area contributed by atoms with E-state index in [1.165, 1.54) is 18.2 Å². The number of benzene rings is 1. The van der Waals surface area contributed by atoms with Crippen molar-refractivity contribution in [1.29, 1.82) is 0 Å². The van der Waals surface area contributed by atoms with E-state index in [1.54, 1.807) is 13.8 Å². The first kappa shape index (κ1) is 21.0. The number of hydrogen-bond acceptors (Lipinski definition) is 4. The summed E-state index contributed by atoms with van der Waals surface area (Å²) in [5.41, 5.74) is -3.61. The van der Waals surface area contributed by atoms with Crippen molar-refractivity contribution in [2.24, 2.45) is 5.92 Å². The van der Waals surface area contributed by atoms with Crippen molar-refractivity contribution < 1.29 is 32.2 Å². The van der Waals surface area contributed by atoms with Crippen LogP contribution >= 0.6 is 0 Å². The van der Waals surface area contributed by atoms with Crippen molar-refractivity contribution in [3.63, 3.8) is 0 Å². The number of esters is 1. The Bertz CT molecular complexity index is 591. The Morgan fingerprint density at radius 3 is 2.12 bits per heavy atom. The van der Waals surface area contributed by atoms with E-state index in [9.17, 15) is 22.8 Å². The average molecular weight is 361 g/mol. The minimum Gasteiger partial charge on any atom is -0.467 e. The van der Waals surface area contributed by atoms with Gasteiger partial charge in [0, 0.05) is 12.7 Å². The average Bonchev–Trinajstić information content (AvgIpc) is 2.59. The number of hydrogen-bond donors (Lipinski definition) is 1. The van der Waals surface area contributed by atoms with Crippen LogP contribution in [0.3, 0.4) is 0 Å². The highest BCUT2D eigenvalue weighted by Gasteiger charge is 2.63. The fourth-order valence-electron chi connectivity index (χ4n) is 2.46.